The van der Waals surface area contributed by atoms with Gasteiger partial charge in [-0.3, -0.25) is 0 Å². The third kappa shape index (κ3) is 7.65. The number of hydrogen-bond acceptors (Lipinski definition) is 1. The summed E-state index contributed by atoms with van der Waals surface area (Å²) in [6.07, 6.45) is -4.72. The van der Waals surface area contributed by atoms with Crippen LogP contribution >= 0.6 is 0 Å². The topological polar surface area (TPSA) is 53.4 Å². The molecule has 6 aromatic heterocycles. The van der Waals surface area contributed by atoms with Crippen LogP contribution in [0.4, 0.5) is 13.2 Å². The van der Waals surface area contributed by atoms with Crippen LogP contribution in [-0.4, -0.2) is 27.4 Å². The molecule has 0 unspecified atom stereocenters. The largest absolute Gasteiger partial charge is 0.416 e. The maximum absolute atomic E-state index is 15.8. The van der Waals surface area contributed by atoms with E-state index in [4.69, 9.17) is 0 Å². The predicted octanol–water partition coefficient (Wildman–Crippen LogP) is 22.8. The minimum absolute atomic E-state index is 0.304. The summed E-state index contributed by atoms with van der Waals surface area (Å²) in [7, 11) is 0. The fraction of sp³-hybridized carbons (Fsp3) is 0.0116. The van der Waals surface area contributed by atoms with E-state index in [1.165, 1.54) is 12.1 Å². The maximum atomic E-state index is 15.8. The fourth-order valence-corrected chi connectivity index (χ4v) is 16.0. The molecule has 0 fully saturated rings. The molecule has 96 heavy (non-hydrogen) atoms. The standard InChI is InChI=1S/C86H50F3N7/c87-86(88,89)53-34-39-66(85(46-53)96-83-43-37-56(93-76-29-13-5-21-62(76)63-22-6-14-30-77(63)93)49-70(83)71-50-57(38-44-84(71)96)94-78-31-15-7-23-64(78)65-24-8-16-32-79(65)94)67-45-52(51-90)33-40-80(67)95-81-41-35-54(91-72-25-9-1-17-58(72)59-18-2-10-26-73(59)91)47-68(81)69-48-55(36-42-82(69)95)92-74-27-11-3-19-60(74)61-20-4-12-28-75(61)92/h1-50H. The van der Waals surface area contributed by atoms with Crippen molar-refractivity contribution in [1.29, 1.82) is 5.26 Å². The summed E-state index contributed by atoms with van der Waals surface area (Å²) in [4.78, 5) is 0. The van der Waals surface area contributed by atoms with Gasteiger partial charge in [0.25, 0.3) is 0 Å². The van der Waals surface area contributed by atoms with Gasteiger partial charge in [-0.2, -0.15) is 18.4 Å². The lowest BCUT2D eigenvalue weighted by atomic mass is 9.97. The summed E-state index contributed by atoms with van der Waals surface area (Å²) in [6.45, 7) is 0. The van der Waals surface area contributed by atoms with Crippen molar-refractivity contribution in [2.24, 2.45) is 0 Å². The average Bonchev–Trinajstić information content (AvgIpc) is 1.55. The second kappa shape index (κ2) is 20.1. The highest BCUT2D eigenvalue weighted by Crippen LogP contribution is 2.47. The molecule has 14 aromatic carbocycles. The van der Waals surface area contributed by atoms with Crippen LogP contribution in [0.1, 0.15) is 11.1 Å². The van der Waals surface area contributed by atoms with E-state index < -0.39 is 11.7 Å². The monoisotopic (exact) mass is 1240 g/mol. The van der Waals surface area contributed by atoms with Gasteiger partial charge in [0.15, 0.2) is 0 Å². The molecule has 7 nitrogen and oxygen atoms in total. The third-order valence-electron chi connectivity index (χ3n) is 20.0. The SMILES string of the molecule is N#Cc1ccc(-n2c3ccc(-n4c5ccccc5c5ccccc54)cc3c3cc(-n4c5ccccc5c5ccccc54)ccc32)c(-c2ccc(C(F)(F)F)cc2-n2c3ccc(-n4c5ccccc5c5ccccc54)cc3c3cc(-n4c5ccccc5c5ccccc54)ccc32)c1. The Bertz CT molecular complexity index is 6240. The first kappa shape index (κ1) is 53.8. The molecule has 20 rings (SSSR count). The second-order valence-electron chi connectivity index (χ2n) is 25.0. The Balaban J connectivity index is 0.869. The van der Waals surface area contributed by atoms with Crippen LogP contribution in [0.2, 0.25) is 0 Å². The number of rotatable bonds is 7. The minimum atomic E-state index is -4.72. The number of fused-ring (bicyclic) bond motifs is 18. The smallest absolute Gasteiger partial charge is 0.309 e. The van der Waals surface area contributed by atoms with Gasteiger partial charge in [-0.1, -0.05) is 152 Å². The normalized spacial score (nSPS) is 12.3. The van der Waals surface area contributed by atoms with E-state index in [2.05, 4.69) is 296 Å². The molecule has 0 radical (unpaired) electrons. The van der Waals surface area contributed by atoms with Gasteiger partial charge in [-0.15, -0.1) is 0 Å². The van der Waals surface area contributed by atoms with Gasteiger partial charge in [0.1, 0.15) is 0 Å². The Morgan fingerprint density at radius 3 is 0.781 bits per heavy atom. The zero-order valence-corrected chi connectivity index (χ0v) is 51.1. The lowest BCUT2D eigenvalue weighted by Gasteiger charge is -2.20. The van der Waals surface area contributed by atoms with Crippen molar-refractivity contribution in [2.75, 3.05) is 0 Å². The van der Waals surface area contributed by atoms with Gasteiger partial charge >= 0.3 is 6.18 Å². The van der Waals surface area contributed by atoms with Crippen molar-refractivity contribution in [3.05, 3.63) is 314 Å². The Morgan fingerprint density at radius 2 is 0.500 bits per heavy atom. The van der Waals surface area contributed by atoms with E-state index in [9.17, 15) is 5.26 Å². The van der Waals surface area contributed by atoms with Crippen molar-refractivity contribution in [3.63, 3.8) is 0 Å². The maximum Gasteiger partial charge on any atom is 0.416 e. The van der Waals surface area contributed by atoms with Gasteiger partial charge in [0, 0.05) is 98.5 Å². The zero-order chi connectivity index (χ0) is 63.7. The van der Waals surface area contributed by atoms with Crippen LogP contribution in [0.5, 0.6) is 0 Å². The number of para-hydroxylation sites is 8. The van der Waals surface area contributed by atoms with Crippen molar-refractivity contribution in [1.82, 2.24) is 27.4 Å². The van der Waals surface area contributed by atoms with Crippen molar-refractivity contribution in [3.8, 4) is 51.3 Å². The molecule has 10 heteroatoms. The number of nitrogens with zero attached hydrogens (tertiary/aromatic N) is 7. The van der Waals surface area contributed by atoms with Gasteiger partial charge < -0.3 is 27.4 Å². The fourth-order valence-electron chi connectivity index (χ4n) is 16.0. The first-order chi connectivity index (χ1) is 47.2. The molecule has 20 aromatic rings. The lowest BCUT2D eigenvalue weighted by molar-refractivity contribution is -0.137. The van der Waals surface area contributed by atoms with Crippen LogP contribution in [0.25, 0.3) is 176 Å². The van der Waals surface area contributed by atoms with Gasteiger partial charge in [-0.05, 0) is 152 Å². The Hall–Kier alpha value is -12.8. The highest BCUT2D eigenvalue weighted by molar-refractivity contribution is 6.17. The first-order valence-corrected chi connectivity index (χ1v) is 32.1. The number of aromatic nitrogens is 6. The van der Waals surface area contributed by atoms with E-state index in [1.807, 2.05) is 22.8 Å². The summed E-state index contributed by atoms with van der Waals surface area (Å²) in [5.74, 6) is 0. The molecular formula is C86H50F3N7. The van der Waals surface area contributed by atoms with Crippen LogP contribution in [0.15, 0.2) is 303 Å². The summed E-state index contributed by atoms with van der Waals surface area (Å²) < 4.78 is 60.9. The number of benzene rings is 14. The van der Waals surface area contributed by atoms with Crippen LogP contribution < -0.4 is 0 Å². The van der Waals surface area contributed by atoms with Crippen molar-refractivity contribution >= 4 is 131 Å². The van der Waals surface area contributed by atoms with E-state index in [0.29, 0.717) is 39.1 Å². The molecule has 0 bridgehead atoms. The van der Waals surface area contributed by atoms with E-state index in [-0.39, 0.29) is 0 Å². The molecule has 0 saturated heterocycles. The number of alkyl halides is 3. The van der Waals surface area contributed by atoms with Crippen molar-refractivity contribution < 1.29 is 13.2 Å². The molecule has 0 aliphatic carbocycles. The average molecular weight is 1240 g/mol. The van der Waals surface area contributed by atoms with E-state index in [1.54, 1.807) is 6.07 Å². The van der Waals surface area contributed by atoms with Gasteiger partial charge in [0.2, 0.25) is 0 Å². The molecular weight excluding hydrogens is 1190 g/mol. The lowest BCUT2D eigenvalue weighted by Crippen LogP contribution is -2.08. The Morgan fingerprint density at radius 1 is 0.229 bits per heavy atom. The molecule has 6 heterocycles. The highest BCUT2D eigenvalue weighted by atomic mass is 19.4. The van der Waals surface area contributed by atoms with Crippen LogP contribution in [-0.2, 0) is 6.18 Å². The van der Waals surface area contributed by atoms with E-state index >= 15 is 13.2 Å². The molecule has 0 amide bonds. The first-order valence-electron chi connectivity index (χ1n) is 32.1. The Labute approximate surface area is 545 Å². The minimum Gasteiger partial charge on any atom is -0.309 e. The van der Waals surface area contributed by atoms with E-state index in [0.717, 1.165) is 143 Å². The van der Waals surface area contributed by atoms with Gasteiger partial charge in [0.05, 0.1) is 94.8 Å². The zero-order valence-electron chi connectivity index (χ0n) is 51.1. The summed E-state index contributed by atoms with van der Waals surface area (Å²) in [6, 6.07) is 106. The molecule has 0 N–H and O–H groups in total. The molecule has 0 saturated carbocycles. The van der Waals surface area contributed by atoms with Gasteiger partial charge in [-0.25, -0.2) is 0 Å². The van der Waals surface area contributed by atoms with Crippen molar-refractivity contribution in [2.45, 2.75) is 6.18 Å². The molecule has 0 aliphatic heterocycles. The summed E-state index contributed by atoms with van der Waals surface area (Å²) in [5, 5.41) is 23.6. The van der Waals surface area contributed by atoms with Crippen LogP contribution in [0, 0.1) is 11.3 Å². The molecule has 0 aliphatic rings. The second-order valence-corrected chi connectivity index (χ2v) is 25.0. The highest BCUT2D eigenvalue weighted by Gasteiger charge is 2.33. The third-order valence-corrected chi connectivity index (χ3v) is 20.0. The molecule has 0 spiro atoms. The quantitative estimate of drug-likeness (QED) is 0.157. The molecule has 0 atom stereocenters. The number of nitriles is 1. The predicted molar refractivity (Wildman–Crippen MR) is 388 cm³/mol. The number of hydrogen-bond donors (Lipinski definition) is 0. The van der Waals surface area contributed by atoms with Crippen LogP contribution in [0.3, 0.4) is 0 Å². The summed E-state index contributed by atoms with van der Waals surface area (Å²) >= 11 is 0. The molecule has 450 valence electrons. The number of halogens is 3. The Kier molecular flexibility index (Phi) is 11.3. The summed E-state index contributed by atoms with van der Waals surface area (Å²) in [5.41, 5.74) is 17.0.